The Balaban J connectivity index is 1.11. The minimum Gasteiger partial charge on any atom is -0.309 e. The van der Waals surface area contributed by atoms with Crippen molar-refractivity contribution in [1.29, 1.82) is 0 Å². The van der Waals surface area contributed by atoms with Gasteiger partial charge in [0.1, 0.15) is 0 Å². The fourth-order valence-electron chi connectivity index (χ4n) is 8.64. The fraction of sp³-hybridized carbons (Fsp3) is 0.0167. The molecule has 0 aliphatic carbocycles. The van der Waals surface area contributed by atoms with E-state index >= 15 is 0 Å². The van der Waals surface area contributed by atoms with Crippen LogP contribution in [0, 0.1) is 0 Å². The Morgan fingerprint density at radius 1 is 0.419 bits per heavy atom. The van der Waals surface area contributed by atoms with Gasteiger partial charge < -0.3 is 4.57 Å². The topological polar surface area (TPSA) is 17.8 Å². The van der Waals surface area contributed by atoms with Gasteiger partial charge in [0.25, 0.3) is 0 Å². The largest absolute Gasteiger partial charge is 0.309 e. The van der Waals surface area contributed by atoms with Gasteiger partial charge in [-0.2, -0.15) is 0 Å². The summed E-state index contributed by atoms with van der Waals surface area (Å²) in [5.74, 6) is 0. The van der Waals surface area contributed by atoms with E-state index in [-0.39, 0.29) is 0 Å². The number of nitrogens with zero attached hydrogens (tertiary/aromatic N) is 2. The quantitative estimate of drug-likeness (QED) is 0.126. The average Bonchev–Trinajstić information content (AvgIpc) is 3.68. The predicted molar refractivity (Wildman–Crippen MR) is 264 cm³/mol. The molecule has 0 aliphatic rings. The summed E-state index contributed by atoms with van der Waals surface area (Å²) in [6, 6.07) is 76.3. The lowest BCUT2D eigenvalue weighted by Crippen LogP contribution is -1.96. The third-order valence-corrected chi connectivity index (χ3v) is 11.6. The van der Waals surface area contributed by atoms with E-state index in [1.807, 2.05) is 6.08 Å². The molecule has 0 N–H and O–H groups in total. The zero-order chi connectivity index (χ0) is 41.8. The Morgan fingerprint density at radius 3 is 1.52 bits per heavy atom. The van der Waals surface area contributed by atoms with E-state index in [2.05, 4.69) is 249 Å². The molecule has 10 aromatic rings. The molecule has 2 aromatic heterocycles. The third kappa shape index (κ3) is 7.51. The molecular formula is C60H44N2. The SMILES string of the molecule is C=C/C=C(\C=C/C)c1ccc2c(c1)c1cc(-c3ccccc3)ccc1n2-c1cccc(-c2cc(-c3cccc(-c4cccc(-c5ccccc5)c4)c3)cc(-c3ccccc3)n2)c1. The van der Waals surface area contributed by atoms with Crippen LogP contribution in [-0.2, 0) is 0 Å². The molecule has 0 amide bonds. The molecule has 0 saturated carbocycles. The molecule has 62 heavy (non-hydrogen) atoms. The molecule has 10 rings (SSSR count). The van der Waals surface area contributed by atoms with Crippen LogP contribution >= 0.6 is 0 Å². The second kappa shape index (κ2) is 16.9. The number of hydrogen-bond acceptors (Lipinski definition) is 1. The average molecular weight is 793 g/mol. The highest BCUT2D eigenvalue weighted by Crippen LogP contribution is 2.39. The molecule has 0 fully saturated rings. The first-order chi connectivity index (χ1) is 30.6. The summed E-state index contributed by atoms with van der Waals surface area (Å²) in [5, 5.41) is 2.40. The van der Waals surface area contributed by atoms with E-state index < -0.39 is 0 Å². The van der Waals surface area contributed by atoms with Crippen LogP contribution in [0.15, 0.2) is 243 Å². The summed E-state index contributed by atoms with van der Waals surface area (Å²) in [5.41, 5.74) is 19.0. The molecular weight excluding hydrogens is 749 g/mol. The number of allylic oxidation sites excluding steroid dienone is 5. The summed E-state index contributed by atoms with van der Waals surface area (Å²) in [6.45, 7) is 6.05. The van der Waals surface area contributed by atoms with Gasteiger partial charge in [0, 0.05) is 27.6 Å². The van der Waals surface area contributed by atoms with Crippen molar-refractivity contribution in [3.8, 4) is 72.7 Å². The highest BCUT2D eigenvalue weighted by Gasteiger charge is 2.17. The van der Waals surface area contributed by atoms with E-state index in [0.29, 0.717) is 0 Å². The van der Waals surface area contributed by atoms with E-state index in [0.717, 1.165) is 61.5 Å². The maximum Gasteiger partial charge on any atom is 0.0716 e. The number of hydrogen-bond donors (Lipinski definition) is 0. The van der Waals surface area contributed by atoms with Crippen LogP contribution in [-0.4, -0.2) is 9.55 Å². The summed E-state index contributed by atoms with van der Waals surface area (Å²) < 4.78 is 2.40. The molecule has 0 aliphatic heterocycles. The van der Waals surface area contributed by atoms with Crippen molar-refractivity contribution in [2.75, 3.05) is 0 Å². The van der Waals surface area contributed by atoms with Gasteiger partial charge in [-0.3, -0.25) is 0 Å². The Labute approximate surface area is 363 Å². The number of rotatable bonds is 10. The lowest BCUT2D eigenvalue weighted by atomic mass is 9.95. The zero-order valence-electron chi connectivity index (χ0n) is 34.6. The molecule has 0 atom stereocenters. The van der Waals surface area contributed by atoms with Crippen molar-refractivity contribution in [1.82, 2.24) is 9.55 Å². The number of fused-ring (bicyclic) bond motifs is 3. The van der Waals surface area contributed by atoms with Crippen LogP contribution in [0.3, 0.4) is 0 Å². The Bertz CT molecular complexity index is 3300. The monoisotopic (exact) mass is 792 g/mol. The Kier molecular flexibility index (Phi) is 10.4. The molecule has 2 heteroatoms. The van der Waals surface area contributed by atoms with Crippen molar-refractivity contribution in [2.24, 2.45) is 0 Å². The van der Waals surface area contributed by atoms with Gasteiger partial charge in [0.15, 0.2) is 0 Å². The minimum atomic E-state index is 0.916. The normalized spacial score (nSPS) is 11.7. The van der Waals surface area contributed by atoms with Gasteiger partial charge in [0.05, 0.1) is 22.4 Å². The molecule has 2 nitrogen and oxygen atoms in total. The van der Waals surface area contributed by atoms with Crippen LogP contribution < -0.4 is 0 Å². The van der Waals surface area contributed by atoms with Crippen molar-refractivity contribution < 1.29 is 0 Å². The Morgan fingerprint density at radius 2 is 0.903 bits per heavy atom. The van der Waals surface area contributed by atoms with Gasteiger partial charge in [-0.1, -0.05) is 183 Å². The molecule has 8 aromatic carbocycles. The van der Waals surface area contributed by atoms with E-state index in [1.54, 1.807) is 0 Å². The summed E-state index contributed by atoms with van der Waals surface area (Å²) in [4.78, 5) is 5.35. The highest BCUT2D eigenvalue weighted by molar-refractivity contribution is 6.11. The standard InChI is InChI=1S/C60H44N2/c1-3-17-42(18-4-2)50-31-33-59-55(38-50)56-39-51(44-21-10-6-11-22-44)32-34-60(56)62(59)54-30-16-29-52(37-54)58-41-53(40-57(61-58)45-23-12-7-13-24-45)49-28-15-27-48(36-49)47-26-14-25-46(35-47)43-19-8-5-9-20-43/h3-41H,1H2,2H3/b18-4-,42-17+. The first kappa shape index (κ1) is 38.2. The van der Waals surface area contributed by atoms with Gasteiger partial charge >= 0.3 is 0 Å². The van der Waals surface area contributed by atoms with Gasteiger partial charge in [0.2, 0.25) is 0 Å². The van der Waals surface area contributed by atoms with Gasteiger partial charge in [-0.25, -0.2) is 4.98 Å². The molecule has 0 unspecified atom stereocenters. The van der Waals surface area contributed by atoms with E-state index in [4.69, 9.17) is 4.98 Å². The number of benzene rings is 8. The fourth-order valence-corrected chi connectivity index (χ4v) is 8.64. The molecule has 0 saturated heterocycles. The first-order valence-electron chi connectivity index (χ1n) is 21.2. The Hall–Kier alpha value is -8.07. The third-order valence-electron chi connectivity index (χ3n) is 11.6. The molecule has 0 bridgehead atoms. The minimum absolute atomic E-state index is 0.916. The maximum absolute atomic E-state index is 5.35. The number of pyridine rings is 1. The molecule has 2 heterocycles. The smallest absolute Gasteiger partial charge is 0.0716 e. The number of aromatic nitrogens is 2. The maximum atomic E-state index is 5.35. The summed E-state index contributed by atoms with van der Waals surface area (Å²) >= 11 is 0. The lowest BCUT2D eigenvalue weighted by molar-refractivity contribution is 1.18. The van der Waals surface area contributed by atoms with E-state index in [1.165, 1.54) is 44.2 Å². The second-order valence-corrected chi connectivity index (χ2v) is 15.6. The second-order valence-electron chi connectivity index (χ2n) is 15.6. The van der Waals surface area contributed by atoms with Gasteiger partial charge in [-0.05, 0) is 123 Å². The van der Waals surface area contributed by atoms with Crippen molar-refractivity contribution >= 4 is 27.4 Å². The summed E-state index contributed by atoms with van der Waals surface area (Å²) in [7, 11) is 0. The van der Waals surface area contributed by atoms with Crippen LogP contribution in [0.2, 0.25) is 0 Å². The van der Waals surface area contributed by atoms with Crippen LogP contribution in [0.5, 0.6) is 0 Å². The van der Waals surface area contributed by atoms with Crippen LogP contribution in [0.1, 0.15) is 12.5 Å². The van der Waals surface area contributed by atoms with E-state index in [9.17, 15) is 0 Å². The highest BCUT2D eigenvalue weighted by atomic mass is 15.0. The molecule has 0 radical (unpaired) electrons. The van der Waals surface area contributed by atoms with Crippen LogP contribution in [0.4, 0.5) is 0 Å². The first-order valence-corrected chi connectivity index (χ1v) is 21.2. The predicted octanol–water partition coefficient (Wildman–Crippen LogP) is 16.3. The molecule has 0 spiro atoms. The van der Waals surface area contributed by atoms with Crippen molar-refractivity contribution in [2.45, 2.75) is 6.92 Å². The van der Waals surface area contributed by atoms with Crippen molar-refractivity contribution in [3.63, 3.8) is 0 Å². The molecule has 294 valence electrons. The van der Waals surface area contributed by atoms with Crippen molar-refractivity contribution in [3.05, 3.63) is 249 Å². The lowest BCUT2D eigenvalue weighted by Gasteiger charge is -2.14. The van der Waals surface area contributed by atoms with Crippen LogP contribution in [0.25, 0.3) is 100 Å². The summed E-state index contributed by atoms with van der Waals surface area (Å²) in [6.07, 6.45) is 8.15. The zero-order valence-corrected chi connectivity index (χ0v) is 34.6. The van der Waals surface area contributed by atoms with Gasteiger partial charge in [-0.15, -0.1) is 0 Å².